The van der Waals surface area contributed by atoms with Gasteiger partial charge in [0, 0.05) is 30.6 Å². The molecule has 1 saturated carbocycles. The van der Waals surface area contributed by atoms with Crippen LogP contribution in [0, 0.1) is 5.41 Å². The van der Waals surface area contributed by atoms with Crippen LogP contribution in [0.4, 0.5) is 18.0 Å². The number of carbonyl (C=O) groups excluding carboxylic acids is 2. The lowest BCUT2D eigenvalue weighted by atomic mass is 9.60. The lowest BCUT2D eigenvalue weighted by Gasteiger charge is -2.60. The number of hydrazine groups is 1. The molecule has 1 spiro atoms. The number of methoxy groups -OCH3 is 1. The number of amides is 3. The first-order valence-electron chi connectivity index (χ1n) is 10.5. The zero-order chi connectivity index (χ0) is 23.8. The number of rotatable bonds is 5. The van der Waals surface area contributed by atoms with Crippen molar-refractivity contribution >= 4 is 11.9 Å². The van der Waals surface area contributed by atoms with Gasteiger partial charge in [0.1, 0.15) is 5.75 Å². The lowest BCUT2D eigenvalue weighted by molar-refractivity contribution is -0.137. The number of nitrogens with two attached hydrogens (primary N) is 1. The molecule has 3 N–H and O–H groups in total. The summed E-state index contributed by atoms with van der Waals surface area (Å²) in [6.45, 7) is 1.35. The van der Waals surface area contributed by atoms with Crippen LogP contribution in [0.15, 0.2) is 48.5 Å². The third-order valence-corrected chi connectivity index (χ3v) is 6.37. The SMILES string of the molecule is COc1ccc(CNC(=O)N(N)C2CC3(C2)CN(C(=O)c2ccc(C(F)(F)F)cc2)C3)cc1. The fraction of sp³-hybridized carbons (Fsp3) is 0.391. The Morgan fingerprint density at radius 2 is 1.73 bits per heavy atom. The molecule has 2 aromatic carbocycles. The smallest absolute Gasteiger partial charge is 0.416 e. The van der Waals surface area contributed by atoms with Gasteiger partial charge in [-0.1, -0.05) is 12.1 Å². The molecule has 0 unspecified atom stereocenters. The number of benzene rings is 2. The van der Waals surface area contributed by atoms with Gasteiger partial charge >= 0.3 is 12.2 Å². The number of halogens is 3. The van der Waals surface area contributed by atoms with E-state index in [2.05, 4.69) is 5.32 Å². The largest absolute Gasteiger partial charge is 0.497 e. The zero-order valence-corrected chi connectivity index (χ0v) is 18.1. The van der Waals surface area contributed by atoms with Crippen LogP contribution in [0.3, 0.4) is 0 Å². The number of nitrogens with one attached hydrogen (secondary N) is 1. The Balaban J connectivity index is 1.22. The van der Waals surface area contributed by atoms with Crippen molar-refractivity contribution in [3.05, 3.63) is 65.2 Å². The number of likely N-dealkylation sites (tertiary alicyclic amines) is 1. The van der Waals surface area contributed by atoms with Crippen LogP contribution in [0.2, 0.25) is 0 Å². The highest BCUT2D eigenvalue weighted by atomic mass is 19.4. The Morgan fingerprint density at radius 3 is 2.27 bits per heavy atom. The van der Waals surface area contributed by atoms with Gasteiger partial charge in [0.25, 0.3) is 5.91 Å². The quantitative estimate of drug-likeness (QED) is 0.405. The van der Waals surface area contributed by atoms with E-state index in [1.807, 2.05) is 24.3 Å². The summed E-state index contributed by atoms with van der Waals surface area (Å²) in [6, 6.07) is 11.1. The van der Waals surface area contributed by atoms with Crippen LogP contribution in [-0.2, 0) is 12.7 Å². The number of hydrogen-bond donors (Lipinski definition) is 2. The summed E-state index contributed by atoms with van der Waals surface area (Å²) < 4.78 is 43.2. The maximum Gasteiger partial charge on any atom is 0.416 e. The first-order chi connectivity index (χ1) is 15.6. The van der Waals surface area contributed by atoms with Crippen molar-refractivity contribution < 1.29 is 27.5 Å². The van der Waals surface area contributed by atoms with E-state index in [0.717, 1.165) is 23.4 Å². The molecule has 1 heterocycles. The molecule has 2 fully saturated rings. The van der Waals surface area contributed by atoms with Gasteiger partial charge in [-0.2, -0.15) is 13.2 Å². The second-order valence-electron chi connectivity index (χ2n) is 8.71. The predicted octanol–water partition coefficient (Wildman–Crippen LogP) is 3.40. The highest BCUT2D eigenvalue weighted by Crippen LogP contribution is 2.50. The van der Waals surface area contributed by atoms with E-state index in [0.29, 0.717) is 32.5 Å². The lowest BCUT2D eigenvalue weighted by Crippen LogP contribution is -2.69. The van der Waals surface area contributed by atoms with Crippen molar-refractivity contribution in [2.75, 3.05) is 20.2 Å². The Bertz CT molecular complexity index is 1010. The van der Waals surface area contributed by atoms with Crippen LogP contribution >= 0.6 is 0 Å². The number of ether oxygens (including phenoxy) is 1. The molecule has 7 nitrogen and oxygen atoms in total. The second-order valence-corrected chi connectivity index (χ2v) is 8.71. The topological polar surface area (TPSA) is 87.9 Å². The molecule has 3 amide bonds. The molecule has 0 atom stereocenters. The molecule has 1 aliphatic heterocycles. The van der Waals surface area contributed by atoms with Gasteiger partial charge in [-0.25, -0.2) is 10.6 Å². The second kappa shape index (κ2) is 8.58. The molecule has 2 aliphatic rings. The number of nitrogens with zero attached hydrogens (tertiary/aromatic N) is 2. The van der Waals surface area contributed by atoms with Crippen LogP contribution in [0.5, 0.6) is 5.75 Å². The summed E-state index contributed by atoms with van der Waals surface area (Å²) in [5.74, 6) is 6.44. The molecule has 0 bridgehead atoms. The van der Waals surface area contributed by atoms with Gasteiger partial charge in [0.15, 0.2) is 0 Å². The molecule has 4 rings (SSSR count). The average molecular weight is 462 g/mol. The fourth-order valence-corrected chi connectivity index (χ4v) is 4.46. The van der Waals surface area contributed by atoms with Crippen LogP contribution in [-0.4, -0.2) is 48.1 Å². The molecule has 176 valence electrons. The number of hydrogen-bond acceptors (Lipinski definition) is 4. The van der Waals surface area contributed by atoms with E-state index >= 15 is 0 Å². The maximum absolute atomic E-state index is 12.7. The van der Waals surface area contributed by atoms with Crippen molar-refractivity contribution in [2.24, 2.45) is 11.3 Å². The van der Waals surface area contributed by atoms with E-state index in [1.54, 1.807) is 12.0 Å². The summed E-state index contributed by atoms with van der Waals surface area (Å²) >= 11 is 0. The fourth-order valence-electron chi connectivity index (χ4n) is 4.46. The van der Waals surface area contributed by atoms with Gasteiger partial charge in [-0.3, -0.25) is 9.80 Å². The number of alkyl halides is 3. The minimum atomic E-state index is -4.43. The molecule has 10 heteroatoms. The molecular weight excluding hydrogens is 437 g/mol. The van der Waals surface area contributed by atoms with Crippen molar-refractivity contribution in [3.63, 3.8) is 0 Å². The first-order valence-corrected chi connectivity index (χ1v) is 10.5. The van der Waals surface area contributed by atoms with Crippen molar-refractivity contribution in [1.29, 1.82) is 0 Å². The minimum Gasteiger partial charge on any atom is -0.497 e. The maximum atomic E-state index is 12.7. The van der Waals surface area contributed by atoms with Gasteiger partial charge in [-0.05, 0) is 54.8 Å². The minimum absolute atomic E-state index is 0.0832. The molecule has 1 aliphatic carbocycles. The normalized spacial score (nSPS) is 17.2. The molecule has 1 saturated heterocycles. The Morgan fingerprint density at radius 1 is 1.12 bits per heavy atom. The molecule has 33 heavy (non-hydrogen) atoms. The van der Waals surface area contributed by atoms with Gasteiger partial charge in [0.05, 0.1) is 18.7 Å². The average Bonchev–Trinajstić information content (AvgIpc) is 2.75. The van der Waals surface area contributed by atoms with Crippen LogP contribution in [0.1, 0.15) is 34.3 Å². The van der Waals surface area contributed by atoms with E-state index in [4.69, 9.17) is 10.6 Å². The monoisotopic (exact) mass is 462 g/mol. The van der Waals surface area contributed by atoms with E-state index < -0.39 is 11.7 Å². The van der Waals surface area contributed by atoms with E-state index in [1.165, 1.54) is 17.1 Å². The van der Waals surface area contributed by atoms with Gasteiger partial charge in [0.2, 0.25) is 0 Å². The standard InChI is InChI=1S/C23H25F3N4O3/c1-33-19-8-2-15(3-9-19)12-28-21(32)30(27)18-10-22(11-18)13-29(14-22)20(31)16-4-6-17(7-5-16)23(24,25)26/h2-9,18H,10-14,27H2,1H3,(H,28,32). The summed E-state index contributed by atoms with van der Waals surface area (Å²) in [6.07, 6.45) is -3.08. The Labute approximate surface area is 189 Å². The summed E-state index contributed by atoms with van der Waals surface area (Å²) in [7, 11) is 1.58. The van der Waals surface area contributed by atoms with Gasteiger partial charge < -0.3 is 15.0 Å². The molecule has 0 aromatic heterocycles. The molecule has 2 aromatic rings. The van der Waals surface area contributed by atoms with Crippen LogP contribution < -0.4 is 15.9 Å². The summed E-state index contributed by atoms with van der Waals surface area (Å²) in [5.41, 5.74) is 0.278. The third-order valence-electron chi connectivity index (χ3n) is 6.37. The Hall–Kier alpha value is -3.27. The summed E-state index contributed by atoms with van der Waals surface area (Å²) in [5, 5.41) is 3.99. The zero-order valence-electron chi connectivity index (χ0n) is 18.1. The highest BCUT2D eigenvalue weighted by Gasteiger charge is 2.55. The molecular formula is C23H25F3N4O3. The summed E-state index contributed by atoms with van der Waals surface area (Å²) in [4.78, 5) is 26.5. The number of carbonyl (C=O) groups is 2. The van der Waals surface area contributed by atoms with E-state index in [9.17, 15) is 22.8 Å². The van der Waals surface area contributed by atoms with Crippen molar-refractivity contribution in [2.45, 2.75) is 31.6 Å². The Kier molecular flexibility index (Phi) is 5.96. The highest BCUT2D eigenvalue weighted by molar-refractivity contribution is 5.95. The number of urea groups is 1. The van der Waals surface area contributed by atoms with Crippen molar-refractivity contribution in [1.82, 2.24) is 15.2 Å². The van der Waals surface area contributed by atoms with Crippen molar-refractivity contribution in [3.8, 4) is 5.75 Å². The third kappa shape index (κ3) is 4.75. The van der Waals surface area contributed by atoms with E-state index in [-0.39, 0.29) is 29.0 Å². The predicted molar refractivity (Wildman–Crippen MR) is 114 cm³/mol. The molecule has 0 radical (unpaired) electrons. The van der Waals surface area contributed by atoms with Crippen LogP contribution in [0.25, 0.3) is 0 Å². The van der Waals surface area contributed by atoms with Gasteiger partial charge in [-0.15, -0.1) is 0 Å². The first kappa shape index (κ1) is 22.9.